The Morgan fingerprint density at radius 2 is 2.00 bits per heavy atom. The third-order valence-corrected chi connectivity index (χ3v) is 5.40. The van der Waals surface area contributed by atoms with Gasteiger partial charge >= 0.3 is 0 Å². The Kier molecular flexibility index (Phi) is 4.60. The zero-order valence-corrected chi connectivity index (χ0v) is 12.0. The number of sulfonamides is 1. The fourth-order valence-corrected chi connectivity index (χ4v) is 3.96. The molecular formula is C13H16ClNO3S. The van der Waals surface area contributed by atoms with E-state index in [4.69, 9.17) is 11.6 Å². The average Bonchev–Trinajstić information content (AvgIpc) is 2.90. The van der Waals surface area contributed by atoms with Gasteiger partial charge in [-0.05, 0) is 18.6 Å². The number of rotatable bonds is 5. The van der Waals surface area contributed by atoms with Crippen LogP contribution in [-0.4, -0.2) is 37.5 Å². The van der Waals surface area contributed by atoms with Crippen molar-refractivity contribution in [3.05, 3.63) is 30.3 Å². The number of alkyl halides is 1. The third kappa shape index (κ3) is 3.16. The molecule has 6 heteroatoms. The number of hydrogen-bond donors (Lipinski definition) is 0. The van der Waals surface area contributed by atoms with Crippen LogP contribution in [0.3, 0.4) is 0 Å². The molecule has 104 valence electrons. The molecule has 1 fully saturated rings. The van der Waals surface area contributed by atoms with Crippen LogP contribution in [0.25, 0.3) is 0 Å². The first-order valence-electron chi connectivity index (χ1n) is 6.19. The van der Waals surface area contributed by atoms with Crippen LogP contribution in [0.2, 0.25) is 0 Å². The van der Waals surface area contributed by atoms with Gasteiger partial charge in [-0.1, -0.05) is 18.2 Å². The minimum Gasteiger partial charge on any atom is -0.299 e. The highest BCUT2D eigenvalue weighted by Crippen LogP contribution is 2.25. The lowest BCUT2D eigenvalue weighted by Crippen LogP contribution is -2.30. The highest BCUT2D eigenvalue weighted by Gasteiger charge is 2.35. The molecular weight excluding hydrogens is 286 g/mol. The SMILES string of the molecule is O=C(CCCl)C1CCN(S(=O)(=O)c2ccccc2)C1. The lowest BCUT2D eigenvalue weighted by Gasteiger charge is -2.16. The number of ketones is 1. The van der Waals surface area contributed by atoms with Crippen LogP contribution < -0.4 is 0 Å². The van der Waals surface area contributed by atoms with E-state index in [0.717, 1.165) is 0 Å². The third-order valence-electron chi connectivity index (χ3n) is 3.33. The number of hydrogen-bond acceptors (Lipinski definition) is 3. The molecule has 4 nitrogen and oxygen atoms in total. The number of carbonyl (C=O) groups excluding carboxylic acids is 1. The number of carbonyl (C=O) groups is 1. The van der Waals surface area contributed by atoms with E-state index in [0.29, 0.717) is 25.3 Å². The molecule has 1 aromatic rings. The van der Waals surface area contributed by atoms with E-state index in [1.807, 2.05) is 0 Å². The normalized spacial score (nSPS) is 20.6. The summed E-state index contributed by atoms with van der Waals surface area (Å²) in [7, 11) is -3.47. The first kappa shape index (κ1) is 14.5. The zero-order valence-electron chi connectivity index (χ0n) is 10.5. The summed E-state index contributed by atoms with van der Waals surface area (Å²) >= 11 is 5.54. The predicted molar refractivity (Wildman–Crippen MR) is 73.7 cm³/mol. The van der Waals surface area contributed by atoms with E-state index >= 15 is 0 Å². The van der Waals surface area contributed by atoms with Crippen molar-refractivity contribution in [1.82, 2.24) is 4.31 Å². The van der Waals surface area contributed by atoms with E-state index in [9.17, 15) is 13.2 Å². The Bertz CT molecular complexity index is 544. The summed E-state index contributed by atoms with van der Waals surface area (Å²) in [5, 5.41) is 0. The molecule has 0 spiro atoms. The number of benzene rings is 1. The smallest absolute Gasteiger partial charge is 0.243 e. The maximum Gasteiger partial charge on any atom is 0.243 e. The first-order chi connectivity index (χ1) is 9.05. The molecule has 19 heavy (non-hydrogen) atoms. The molecule has 1 aliphatic rings. The lowest BCUT2D eigenvalue weighted by atomic mass is 10.0. The van der Waals surface area contributed by atoms with Crippen molar-refractivity contribution in [2.45, 2.75) is 17.7 Å². The fraction of sp³-hybridized carbons (Fsp3) is 0.462. The Morgan fingerprint density at radius 1 is 1.32 bits per heavy atom. The maximum atomic E-state index is 12.3. The van der Waals surface area contributed by atoms with Crippen LogP contribution in [0.15, 0.2) is 35.2 Å². The first-order valence-corrected chi connectivity index (χ1v) is 8.17. The van der Waals surface area contributed by atoms with Crippen molar-refractivity contribution in [2.75, 3.05) is 19.0 Å². The van der Waals surface area contributed by atoms with Crippen molar-refractivity contribution < 1.29 is 13.2 Å². The molecule has 0 radical (unpaired) electrons. The maximum absolute atomic E-state index is 12.3. The van der Waals surface area contributed by atoms with Gasteiger partial charge in [-0.2, -0.15) is 4.31 Å². The van der Waals surface area contributed by atoms with E-state index < -0.39 is 10.0 Å². The van der Waals surface area contributed by atoms with Gasteiger partial charge in [-0.25, -0.2) is 8.42 Å². The van der Waals surface area contributed by atoms with Crippen molar-refractivity contribution >= 4 is 27.4 Å². The molecule has 0 N–H and O–H groups in total. The molecule has 1 aliphatic heterocycles. The Hall–Kier alpha value is -0.910. The molecule has 1 heterocycles. The second-order valence-corrected chi connectivity index (χ2v) is 6.88. The van der Waals surface area contributed by atoms with Crippen molar-refractivity contribution in [1.29, 1.82) is 0 Å². The summed E-state index contributed by atoms with van der Waals surface area (Å²) in [4.78, 5) is 12.0. The van der Waals surface area contributed by atoms with Crippen LogP contribution in [0.5, 0.6) is 0 Å². The van der Waals surface area contributed by atoms with Crippen LogP contribution in [0.1, 0.15) is 12.8 Å². The van der Waals surface area contributed by atoms with Gasteiger partial charge < -0.3 is 0 Å². The van der Waals surface area contributed by atoms with Gasteiger partial charge in [0.25, 0.3) is 0 Å². The quantitative estimate of drug-likeness (QED) is 0.781. The number of halogens is 1. The molecule has 0 aromatic heterocycles. The topological polar surface area (TPSA) is 54.5 Å². The van der Waals surface area contributed by atoms with Crippen LogP contribution in [0.4, 0.5) is 0 Å². The fourth-order valence-electron chi connectivity index (χ4n) is 2.25. The van der Waals surface area contributed by atoms with Crippen LogP contribution >= 0.6 is 11.6 Å². The number of nitrogens with zero attached hydrogens (tertiary/aromatic N) is 1. The molecule has 1 aromatic carbocycles. The summed E-state index contributed by atoms with van der Waals surface area (Å²) in [6, 6.07) is 8.31. The lowest BCUT2D eigenvalue weighted by molar-refractivity contribution is -0.122. The van der Waals surface area contributed by atoms with E-state index in [1.54, 1.807) is 30.3 Å². The number of Topliss-reactive ketones (excluding diaryl/α,β-unsaturated/α-hetero) is 1. The van der Waals surface area contributed by atoms with Crippen molar-refractivity contribution in [3.63, 3.8) is 0 Å². The van der Waals surface area contributed by atoms with Crippen LogP contribution in [0, 0.1) is 5.92 Å². The summed E-state index contributed by atoms with van der Waals surface area (Å²) in [5.74, 6) is 0.138. The molecule has 2 rings (SSSR count). The molecule has 0 amide bonds. The monoisotopic (exact) mass is 301 g/mol. The molecule has 0 saturated carbocycles. The second-order valence-electron chi connectivity index (χ2n) is 4.57. The van der Waals surface area contributed by atoms with E-state index in [1.165, 1.54) is 4.31 Å². The highest BCUT2D eigenvalue weighted by molar-refractivity contribution is 7.89. The molecule has 0 aliphatic carbocycles. The standard InChI is InChI=1S/C13H16ClNO3S/c14-8-6-13(16)11-7-9-15(10-11)19(17,18)12-4-2-1-3-5-12/h1-5,11H,6-10H2. The summed E-state index contributed by atoms with van der Waals surface area (Å²) in [6.07, 6.45) is 0.896. The van der Waals surface area contributed by atoms with Crippen molar-refractivity contribution in [2.24, 2.45) is 5.92 Å². The Morgan fingerprint density at radius 3 is 2.63 bits per heavy atom. The zero-order chi connectivity index (χ0) is 13.9. The van der Waals surface area contributed by atoms with E-state index in [-0.39, 0.29) is 23.1 Å². The van der Waals surface area contributed by atoms with Gasteiger partial charge in [-0.3, -0.25) is 4.79 Å². The Balaban J connectivity index is 2.11. The van der Waals surface area contributed by atoms with Gasteiger partial charge in [0.2, 0.25) is 10.0 Å². The molecule has 1 atom stereocenters. The molecule has 1 unspecified atom stereocenters. The highest BCUT2D eigenvalue weighted by atomic mass is 35.5. The molecule has 0 bridgehead atoms. The van der Waals surface area contributed by atoms with Gasteiger partial charge in [0.15, 0.2) is 0 Å². The minimum absolute atomic E-state index is 0.0563. The summed E-state index contributed by atoms with van der Waals surface area (Å²) < 4.78 is 26.1. The second kappa shape index (κ2) is 6.03. The van der Waals surface area contributed by atoms with Crippen LogP contribution in [-0.2, 0) is 14.8 Å². The molecule has 1 saturated heterocycles. The largest absolute Gasteiger partial charge is 0.299 e. The Labute approximate surface area is 118 Å². The summed E-state index contributed by atoms with van der Waals surface area (Å²) in [5.41, 5.74) is 0. The van der Waals surface area contributed by atoms with E-state index in [2.05, 4.69) is 0 Å². The average molecular weight is 302 g/mol. The van der Waals surface area contributed by atoms with Gasteiger partial charge in [0.1, 0.15) is 5.78 Å². The summed E-state index contributed by atoms with van der Waals surface area (Å²) in [6.45, 7) is 0.670. The minimum atomic E-state index is -3.47. The van der Waals surface area contributed by atoms with Gasteiger partial charge in [0.05, 0.1) is 4.90 Å². The van der Waals surface area contributed by atoms with Gasteiger partial charge in [-0.15, -0.1) is 11.6 Å². The van der Waals surface area contributed by atoms with Gasteiger partial charge in [0, 0.05) is 31.3 Å². The van der Waals surface area contributed by atoms with Crippen molar-refractivity contribution in [3.8, 4) is 0 Å². The predicted octanol–water partition coefficient (Wildman–Crippen LogP) is 1.90.